The van der Waals surface area contributed by atoms with Crippen molar-refractivity contribution in [3.05, 3.63) is 60.3 Å². The maximum Gasteiger partial charge on any atom is 0.326 e. The van der Waals surface area contributed by atoms with Crippen molar-refractivity contribution >= 4 is 23.8 Å². The Kier molecular flexibility index (Phi) is 4.12. The van der Waals surface area contributed by atoms with Crippen LogP contribution in [-0.4, -0.2) is 27.7 Å². The SMILES string of the molecule is O.O[B]c1ccc(Cn2ccc3c(O)cccc32)cc1. The number of benzene rings is 2. The Morgan fingerprint density at radius 1 is 1.00 bits per heavy atom. The highest BCUT2D eigenvalue weighted by atomic mass is 16.3. The lowest BCUT2D eigenvalue weighted by atomic mass is 9.88. The van der Waals surface area contributed by atoms with Gasteiger partial charge in [-0.05, 0) is 23.8 Å². The monoisotopic (exact) mass is 268 g/mol. The maximum absolute atomic E-state index is 9.77. The summed E-state index contributed by atoms with van der Waals surface area (Å²) in [4.78, 5) is 0. The zero-order valence-corrected chi connectivity index (χ0v) is 10.8. The number of aromatic nitrogens is 1. The smallest absolute Gasteiger partial charge is 0.326 e. The first-order valence-corrected chi connectivity index (χ1v) is 6.11. The van der Waals surface area contributed by atoms with E-state index in [2.05, 4.69) is 4.57 Å². The van der Waals surface area contributed by atoms with Crippen molar-refractivity contribution in [2.45, 2.75) is 6.54 Å². The van der Waals surface area contributed by atoms with Crippen LogP contribution in [0.2, 0.25) is 0 Å². The van der Waals surface area contributed by atoms with Gasteiger partial charge >= 0.3 is 7.48 Å². The summed E-state index contributed by atoms with van der Waals surface area (Å²) < 4.78 is 2.09. The summed E-state index contributed by atoms with van der Waals surface area (Å²) in [5, 5.41) is 19.5. The number of phenols is 1. The van der Waals surface area contributed by atoms with Gasteiger partial charge in [-0.25, -0.2) is 0 Å². The van der Waals surface area contributed by atoms with Gasteiger partial charge < -0.3 is 20.2 Å². The number of rotatable bonds is 3. The molecular weight excluding hydrogens is 253 g/mol. The molecule has 0 atom stereocenters. The van der Waals surface area contributed by atoms with Crippen LogP contribution in [0.4, 0.5) is 0 Å². The van der Waals surface area contributed by atoms with Crippen molar-refractivity contribution in [3.8, 4) is 5.75 Å². The highest BCUT2D eigenvalue weighted by molar-refractivity contribution is 6.45. The Morgan fingerprint density at radius 3 is 2.45 bits per heavy atom. The molecule has 0 aliphatic heterocycles. The molecule has 5 heteroatoms. The molecule has 0 fully saturated rings. The number of fused-ring (bicyclic) bond motifs is 1. The van der Waals surface area contributed by atoms with Crippen LogP contribution in [0.1, 0.15) is 5.56 Å². The minimum atomic E-state index is 0. The molecule has 0 saturated heterocycles. The van der Waals surface area contributed by atoms with Gasteiger partial charge in [0.15, 0.2) is 0 Å². The first-order chi connectivity index (χ1) is 9.28. The van der Waals surface area contributed by atoms with Crippen LogP contribution in [0.5, 0.6) is 5.75 Å². The van der Waals surface area contributed by atoms with E-state index in [-0.39, 0.29) is 5.48 Å². The molecule has 1 heterocycles. The summed E-state index contributed by atoms with van der Waals surface area (Å²) in [5.41, 5.74) is 2.95. The van der Waals surface area contributed by atoms with Gasteiger partial charge in [0, 0.05) is 18.1 Å². The number of hydrogen-bond donors (Lipinski definition) is 2. The van der Waals surface area contributed by atoms with E-state index in [1.165, 1.54) is 0 Å². The molecule has 3 aromatic rings. The number of phenolic OH excluding ortho intramolecular Hbond substituents is 1. The fourth-order valence-corrected chi connectivity index (χ4v) is 2.25. The number of aromatic hydroxyl groups is 1. The fraction of sp³-hybridized carbons (Fsp3) is 0.0667. The molecule has 0 unspecified atom stereocenters. The van der Waals surface area contributed by atoms with Gasteiger partial charge in [0.05, 0.1) is 5.52 Å². The third-order valence-corrected chi connectivity index (χ3v) is 3.27. The van der Waals surface area contributed by atoms with Gasteiger partial charge in [0.25, 0.3) is 0 Å². The van der Waals surface area contributed by atoms with E-state index in [1.54, 1.807) is 6.07 Å². The Morgan fingerprint density at radius 2 is 1.75 bits per heavy atom. The molecular formula is C15H15BNO3. The zero-order chi connectivity index (χ0) is 13.2. The summed E-state index contributed by atoms with van der Waals surface area (Å²) >= 11 is 0. The van der Waals surface area contributed by atoms with Gasteiger partial charge in [-0.3, -0.25) is 0 Å². The molecule has 0 aliphatic carbocycles. The molecule has 1 radical (unpaired) electrons. The predicted octanol–water partition coefficient (Wildman–Crippen LogP) is 0.807. The normalized spacial score (nSPS) is 10.2. The fourth-order valence-electron chi connectivity index (χ4n) is 2.25. The summed E-state index contributed by atoms with van der Waals surface area (Å²) in [7, 11) is 1.09. The van der Waals surface area contributed by atoms with E-state index in [0.29, 0.717) is 5.75 Å². The van der Waals surface area contributed by atoms with Crippen LogP contribution in [0.3, 0.4) is 0 Å². The Labute approximate surface area is 117 Å². The number of hydrogen-bond acceptors (Lipinski definition) is 2. The molecule has 0 bridgehead atoms. The lowest BCUT2D eigenvalue weighted by Gasteiger charge is -2.06. The van der Waals surface area contributed by atoms with Gasteiger partial charge in [-0.2, -0.15) is 0 Å². The minimum absolute atomic E-state index is 0. The third kappa shape index (κ3) is 2.54. The molecule has 1 aromatic heterocycles. The van der Waals surface area contributed by atoms with Crippen LogP contribution >= 0.6 is 0 Å². The van der Waals surface area contributed by atoms with Gasteiger partial charge in [0.1, 0.15) is 5.75 Å². The first-order valence-electron chi connectivity index (χ1n) is 6.11. The van der Waals surface area contributed by atoms with Crippen molar-refractivity contribution < 1.29 is 15.6 Å². The van der Waals surface area contributed by atoms with E-state index in [0.717, 1.165) is 36.0 Å². The topological polar surface area (TPSA) is 76.9 Å². The molecule has 0 amide bonds. The standard InChI is InChI=1S/C15H13BNO2.H2O/c18-15-3-1-2-14-13(15)8-9-17(14)10-11-4-6-12(16-19)7-5-11;/h1-9,18-19H,10H2;1H2. The van der Waals surface area contributed by atoms with Crippen LogP contribution in [0.15, 0.2) is 54.7 Å². The lowest BCUT2D eigenvalue weighted by molar-refractivity contribution is 0.481. The zero-order valence-electron chi connectivity index (χ0n) is 10.8. The predicted molar refractivity (Wildman–Crippen MR) is 80.4 cm³/mol. The number of nitrogens with zero attached hydrogens (tertiary/aromatic N) is 1. The second-order valence-electron chi connectivity index (χ2n) is 4.52. The molecule has 4 N–H and O–H groups in total. The lowest BCUT2D eigenvalue weighted by Crippen LogP contribution is -2.12. The Balaban J connectivity index is 0.00000147. The summed E-state index contributed by atoms with van der Waals surface area (Å²) in [5.74, 6) is 0.307. The molecule has 101 valence electrons. The molecule has 20 heavy (non-hydrogen) atoms. The summed E-state index contributed by atoms with van der Waals surface area (Å²) in [6.45, 7) is 0.735. The van der Waals surface area contributed by atoms with Crippen molar-refractivity contribution in [2.24, 2.45) is 0 Å². The highest BCUT2D eigenvalue weighted by Crippen LogP contribution is 2.25. The van der Waals surface area contributed by atoms with E-state index < -0.39 is 0 Å². The molecule has 0 spiro atoms. The van der Waals surface area contributed by atoms with Gasteiger partial charge in [-0.15, -0.1) is 0 Å². The second kappa shape index (κ2) is 5.82. The van der Waals surface area contributed by atoms with E-state index in [1.807, 2.05) is 48.7 Å². The minimum Gasteiger partial charge on any atom is -0.507 e. The highest BCUT2D eigenvalue weighted by Gasteiger charge is 2.05. The van der Waals surface area contributed by atoms with E-state index in [9.17, 15) is 5.11 Å². The molecule has 4 nitrogen and oxygen atoms in total. The van der Waals surface area contributed by atoms with Crippen LogP contribution < -0.4 is 5.46 Å². The Bertz CT molecular complexity index is 707. The molecule has 0 aliphatic rings. The first kappa shape index (κ1) is 14.2. The van der Waals surface area contributed by atoms with E-state index in [4.69, 9.17) is 5.02 Å². The van der Waals surface area contributed by atoms with Crippen LogP contribution in [0, 0.1) is 0 Å². The summed E-state index contributed by atoms with van der Waals surface area (Å²) in [6.07, 6.45) is 1.97. The molecule has 0 saturated carbocycles. The van der Waals surface area contributed by atoms with Crippen molar-refractivity contribution in [1.82, 2.24) is 4.57 Å². The maximum atomic E-state index is 9.77. The van der Waals surface area contributed by atoms with E-state index >= 15 is 0 Å². The van der Waals surface area contributed by atoms with Crippen LogP contribution in [-0.2, 0) is 6.54 Å². The third-order valence-electron chi connectivity index (χ3n) is 3.27. The van der Waals surface area contributed by atoms with Crippen LogP contribution in [0.25, 0.3) is 10.9 Å². The second-order valence-corrected chi connectivity index (χ2v) is 4.52. The van der Waals surface area contributed by atoms with Crippen molar-refractivity contribution in [2.75, 3.05) is 0 Å². The quantitative estimate of drug-likeness (QED) is 0.689. The van der Waals surface area contributed by atoms with Gasteiger partial charge in [-0.1, -0.05) is 35.8 Å². The average molecular weight is 268 g/mol. The van der Waals surface area contributed by atoms with Gasteiger partial charge in [0.2, 0.25) is 0 Å². The van der Waals surface area contributed by atoms with Crippen molar-refractivity contribution in [1.29, 1.82) is 0 Å². The molecule has 3 rings (SSSR count). The average Bonchev–Trinajstić information content (AvgIpc) is 2.84. The Hall–Kier alpha value is -2.24. The molecule has 2 aromatic carbocycles. The van der Waals surface area contributed by atoms with Crippen molar-refractivity contribution in [3.63, 3.8) is 0 Å². The largest absolute Gasteiger partial charge is 0.507 e. The summed E-state index contributed by atoms with van der Waals surface area (Å²) in [6, 6.07) is 15.2.